The second-order valence-electron chi connectivity index (χ2n) is 6.73. The highest BCUT2D eigenvalue weighted by Crippen LogP contribution is 2.31. The van der Waals surface area contributed by atoms with E-state index in [1.165, 1.54) is 32.1 Å². The third-order valence-electron chi connectivity index (χ3n) is 4.71. The Morgan fingerprint density at radius 2 is 1.96 bits per heavy atom. The molecule has 4 nitrogen and oxygen atoms in total. The van der Waals surface area contributed by atoms with Gasteiger partial charge in [-0.05, 0) is 43.6 Å². The van der Waals surface area contributed by atoms with Crippen LogP contribution >= 0.6 is 12.2 Å². The van der Waals surface area contributed by atoms with E-state index in [0.717, 1.165) is 36.1 Å². The van der Waals surface area contributed by atoms with Crippen LogP contribution in [0.5, 0.6) is 11.5 Å². The zero-order valence-corrected chi connectivity index (χ0v) is 15.3. The summed E-state index contributed by atoms with van der Waals surface area (Å²) in [6, 6.07) is 8.39. The molecule has 0 unspecified atom stereocenters. The van der Waals surface area contributed by atoms with E-state index in [0.29, 0.717) is 12.6 Å². The SMILES string of the molecule is CCCN(C[C@@H]1COc2ccccc2O1)C(=S)NC1CCCCC1. The molecule has 1 fully saturated rings. The first-order chi connectivity index (χ1) is 11.8. The van der Waals surface area contributed by atoms with E-state index in [1.807, 2.05) is 24.3 Å². The molecule has 2 aliphatic rings. The summed E-state index contributed by atoms with van der Waals surface area (Å²) in [5.41, 5.74) is 0. The van der Waals surface area contributed by atoms with Gasteiger partial charge in [0, 0.05) is 12.6 Å². The monoisotopic (exact) mass is 348 g/mol. The number of benzene rings is 1. The van der Waals surface area contributed by atoms with E-state index in [4.69, 9.17) is 21.7 Å². The lowest BCUT2D eigenvalue weighted by atomic mass is 9.96. The van der Waals surface area contributed by atoms with Crippen molar-refractivity contribution in [3.63, 3.8) is 0 Å². The molecule has 1 aliphatic heterocycles. The van der Waals surface area contributed by atoms with Crippen molar-refractivity contribution in [3.8, 4) is 11.5 Å². The van der Waals surface area contributed by atoms with E-state index >= 15 is 0 Å². The van der Waals surface area contributed by atoms with Gasteiger partial charge in [-0.2, -0.15) is 0 Å². The smallest absolute Gasteiger partial charge is 0.169 e. The highest BCUT2D eigenvalue weighted by Gasteiger charge is 2.25. The molecular formula is C19H28N2O2S. The number of fused-ring (bicyclic) bond motifs is 1. The Hall–Kier alpha value is -1.49. The molecule has 3 rings (SSSR count). The third-order valence-corrected chi connectivity index (χ3v) is 5.08. The minimum absolute atomic E-state index is 0.0116. The maximum atomic E-state index is 6.09. The van der Waals surface area contributed by atoms with Gasteiger partial charge in [-0.15, -0.1) is 0 Å². The van der Waals surface area contributed by atoms with E-state index < -0.39 is 0 Å². The fourth-order valence-electron chi connectivity index (χ4n) is 3.46. The maximum Gasteiger partial charge on any atom is 0.169 e. The molecule has 132 valence electrons. The van der Waals surface area contributed by atoms with Crippen LogP contribution in [0.4, 0.5) is 0 Å². The van der Waals surface area contributed by atoms with Crippen LogP contribution in [0.2, 0.25) is 0 Å². The van der Waals surface area contributed by atoms with Crippen molar-refractivity contribution < 1.29 is 9.47 Å². The summed E-state index contributed by atoms with van der Waals surface area (Å²) in [6.07, 6.45) is 7.52. The van der Waals surface area contributed by atoms with Gasteiger partial charge in [0.1, 0.15) is 6.61 Å². The highest BCUT2D eigenvalue weighted by atomic mass is 32.1. The Kier molecular flexibility index (Phi) is 6.18. The van der Waals surface area contributed by atoms with Crippen LogP contribution < -0.4 is 14.8 Å². The average Bonchev–Trinajstić information content (AvgIpc) is 2.62. The summed E-state index contributed by atoms with van der Waals surface area (Å²) >= 11 is 5.69. The number of rotatable bonds is 5. The lowest BCUT2D eigenvalue weighted by Gasteiger charge is -2.34. The van der Waals surface area contributed by atoms with Crippen LogP contribution in [-0.4, -0.2) is 41.9 Å². The molecular weight excluding hydrogens is 320 g/mol. The normalized spacial score (nSPS) is 20.5. The summed E-state index contributed by atoms with van der Waals surface area (Å²) in [5, 5.41) is 4.44. The molecule has 0 bridgehead atoms. The quantitative estimate of drug-likeness (QED) is 0.820. The Labute approximate surface area is 150 Å². The topological polar surface area (TPSA) is 33.7 Å². The minimum atomic E-state index is 0.0116. The second kappa shape index (κ2) is 8.56. The van der Waals surface area contributed by atoms with Gasteiger partial charge in [-0.25, -0.2) is 0 Å². The largest absolute Gasteiger partial charge is 0.486 e. The molecule has 0 radical (unpaired) electrons. The lowest BCUT2D eigenvalue weighted by molar-refractivity contribution is 0.0738. The molecule has 5 heteroatoms. The van der Waals surface area contributed by atoms with Gasteiger partial charge in [0.15, 0.2) is 22.7 Å². The van der Waals surface area contributed by atoms with E-state index in [9.17, 15) is 0 Å². The standard InChI is InChI=1S/C19H28N2O2S/c1-2-12-21(19(24)20-15-8-4-3-5-9-15)13-16-14-22-17-10-6-7-11-18(17)23-16/h6-7,10-11,15-16H,2-5,8-9,12-14H2,1H3,(H,20,24)/t16-/m1/s1. The van der Waals surface area contributed by atoms with Crippen LogP contribution in [0.25, 0.3) is 0 Å². The summed E-state index contributed by atoms with van der Waals surface area (Å²) in [5.74, 6) is 1.66. The molecule has 1 aliphatic carbocycles. The van der Waals surface area contributed by atoms with Crippen LogP contribution in [0.1, 0.15) is 45.4 Å². The predicted octanol–water partition coefficient (Wildman–Crippen LogP) is 3.75. The molecule has 1 heterocycles. The van der Waals surface area contributed by atoms with Crippen LogP contribution in [-0.2, 0) is 0 Å². The third kappa shape index (κ3) is 4.53. The number of hydrogen-bond donors (Lipinski definition) is 1. The van der Waals surface area contributed by atoms with Crippen molar-refractivity contribution in [3.05, 3.63) is 24.3 Å². The first-order valence-corrected chi connectivity index (χ1v) is 9.61. The first kappa shape index (κ1) is 17.3. The van der Waals surface area contributed by atoms with Crippen LogP contribution in [0, 0.1) is 0 Å². The fourth-order valence-corrected chi connectivity index (χ4v) is 3.79. The van der Waals surface area contributed by atoms with E-state index in [-0.39, 0.29) is 6.10 Å². The van der Waals surface area contributed by atoms with Crippen molar-refractivity contribution >= 4 is 17.3 Å². The number of nitrogens with zero attached hydrogens (tertiary/aromatic N) is 1. The van der Waals surface area contributed by atoms with Gasteiger partial charge >= 0.3 is 0 Å². The van der Waals surface area contributed by atoms with Gasteiger partial charge in [0.2, 0.25) is 0 Å². The zero-order chi connectivity index (χ0) is 16.8. The molecule has 1 aromatic carbocycles. The average molecular weight is 349 g/mol. The Morgan fingerprint density at radius 1 is 1.21 bits per heavy atom. The van der Waals surface area contributed by atoms with Crippen molar-refractivity contribution in [2.24, 2.45) is 0 Å². The Bertz CT molecular complexity index is 546. The number of para-hydroxylation sites is 2. The molecule has 1 N–H and O–H groups in total. The van der Waals surface area contributed by atoms with Gasteiger partial charge in [0.05, 0.1) is 6.54 Å². The number of ether oxygens (including phenoxy) is 2. The van der Waals surface area contributed by atoms with Crippen LogP contribution in [0.15, 0.2) is 24.3 Å². The zero-order valence-electron chi connectivity index (χ0n) is 14.5. The van der Waals surface area contributed by atoms with Crippen molar-refractivity contribution in [1.29, 1.82) is 0 Å². The Morgan fingerprint density at radius 3 is 2.71 bits per heavy atom. The lowest BCUT2D eigenvalue weighted by Crippen LogP contribution is -2.50. The number of hydrogen-bond acceptors (Lipinski definition) is 3. The summed E-state index contributed by atoms with van der Waals surface area (Å²) in [4.78, 5) is 2.24. The number of nitrogens with one attached hydrogen (secondary N) is 1. The van der Waals surface area contributed by atoms with Gasteiger partial charge < -0.3 is 19.7 Å². The van der Waals surface area contributed by atoms with Crippen molar-refractivity contribution in [2.45, 2.75) is 57.6 Å². The molecule has 1 aromatic rings. The first-order valence-electron chi connectivity index (χ1n) is 9.20. The molecule has 0 amide bonds. The van der Waals surface area contributed by atoms with Gasteiger partial charge in [-0.1, -0.05) is 38.3 Å². The van der Waals surface area contributed by atoms with Gasteiger partial charge in [0.25, 0.3) is 0 Å². The summed E-state index contributed by atoms with van der Waals surface area (Å²) in [7, 11) is 0. The van der Waals surface area contributed by atoms with Crippen molar-refractivity contribution in [2.75, 3.05) is 19.7 Å². The molecule has 0 aromatic heterocycles. The van der Waals surface area contributed by atoms with E-state index in [1.54, 1.807) is 0 Å². The predicted molar refractivity (Wildman–Crippen MR) is 101 cm³/mol. The molecule has 1 saturated carbocycles. The molecule has 0 spiro atoms. The Balaban J connectivity index is 1.56. The maximum absolute atomic E-state index is 6.09. The number of thiocarbonyl (C=S) groups is 1. The fraction of sp³-hybridized carbons (Fsp3) is 0.632. The molecule has 24 heavy (non-hydrogen) atoms. The van der Waals surface area contributed by atoms with Crippen molar-refractivity contribution in [1.82, 2.24) is 10.2 Å². The second-order valence-corrected chi connectivity index (χ2v) is 7.11. The summed E-state index contributed by atoms with van der Waals surface area (Å²) < 4.78 is 11.9. The summed E-state index contributed by atoms with van der Waals surface area (Å²) in [6.45, 7) is 4.47. The van der Waals surface area contributed by atoms with Crippen LogP contribution in [0.3, 0.4) is 0 Å². The van der Waals surface area contributed by atoms with Gasteiger partial charge in [-0.3, -0.25) is 0 Å². The van der Waals surface area contributed by atoms with E-state index in [2.05, 4.69) is 17.1 Å². The highest BCUT2D eigenvalue weighted by molar-refractivity contribution is 7.80. The molecule has 0 saturated heterocycles. The molecule has 1 atom stereocenters. The minimum Gasteiger partial charge on any atom is -0.486 e.